The van der Waals surface area contributed by atoms with Crippen molar-refractivity contribution in [2.75, 3.05) is 32.1 Å². The first-order valence-electron chi connectivity index (χ1n) is 9.00. The molecule has 1 unspecified atom stereocenters. The van der Waals surface area contributed by atoms with Crippen molar-refractivity contribution in [3.8, 4) is 11.6 Å². The Balaban J connectivity index is 1.64. The summed E-state index contributed by atoms with van der Waals surface area (Å²) in [5, 5.41) is 0. The van der Waals surface area contributed by atoms with Crippen LogP contribution in [0.4, 0.5) is 19.0 Å². The van der Waals surface area contributed by atoms with Gasteiger partial charge in [-0.15, -0.1) is 13.2 Å². The van der Waals surface area contributed by atoms with Crippen LogP contribution in [0.15, 0.2) is 36.7 Å². The minimum Gasteiger partial charge on any atom is -0.481 e. The molecule has 1 fully saturated rings. The summed E-state index contributed by atoms with van der Waals surface area (Å²) in [5.74, 6) is 1.09. The van der Waals surface area contributed by atoms with Crippen molar-refractivity contribution < 1.29 is 22.6 Å². The van der Waals surface area contributed by atoms with E-state index in [1.807, 2.05) is 13.1 Å². The van der Waals surface area contributed by atoms with Crippen molar-refractivity contribution in [2.45, 2.75) is 31.8 Å². The van der Waals surface area contributed by atoms with Gasteiger partial charge in [0.2, 0.25) is 5.88 Å². The normalized spacial score (nSPS) is 18.0. The quantitative estimate of drug-likeness (QED) is 0.745. The van der Waals surface area contributed by atoms with E-state index in [2.05, 4.69) is 24.5 Å². The maximum atomic E-state index is 12.4. The fourth-order valence-electron chi connectivity index (χ4n) is 3.41. The standard InChI is InChI=1S/C19H23F3N4O2/c1-25(17-10-18(27-2)24-13-23-17)15-6-4-8-26(12-15)11-14-5-3-7-16(9-14)28-19(20,21)22/h3,5,7,9-10,13,15H,4,6,8,11-12H2,1-2H3. The molecule has 1 aromatic heterocycles. The molecule has 152 valence electrons. The van der Waals surface area contributed by atoms with E-state index in [9.17, 15) is 13.2 Å². The van der Waals surface area contributed by atoms with Crippen LogP contribution in [0.25, 0.3) is 0 Å². The minimum absolute atomic E-state index is 0.191. The van der Waals surface area contributed by atoms with Gasteiger partial charge in [0, 0.05) is 32.2 Å². The lowest BCUT2D eigenvalue weighted by atomic mass is 10.0. The van der Waals surface area contributed by atoms with Crippen LogP contribution in [-0.4, -0.2) is 54.5 Å². The van der Waals surface area contributed by atoms with Crippen LogP contribution < -0.4 is 14.4 Å². The number of hydrogen-bond acceptors (Lipinski definition) is 6. The number of aromatic nitrogens is 2. The molecule has 1 aliphatic rings. The number of rotatable bonds is 6. The summed E-state index contributed by atoms with van der Waals surface area (Å²) in [6.45, 7) is 2.24. The highest BCUT2D eigenvalue weighted by Crippen LogP contribution is 2.26. The molecule has 1 atom stereocenters. The topological polar surface area (TPSA) is 50.7 Å². The van der Waals surface area contributed by atoms with Gasteiger partial charge in [0.05, 0.1) is 7.11 Å². The molecule has 0 N–H and O–H groups in total. The SMILES string of the molecule is COc1cc(N(C)C2CCCN(Cc3cccc(OC(F)(F)F)c3)C2)ncn1. The van der Waals surface area contributed by atoms with Gasteiger partial charge in [0.25, 0.3) is 0 Å². The first-order valence-corrected chi connectivity index (χ1v) is 9.00. The Morgan fingerprint density at radius 3 is 2.82 bits per heavy atom. The second-order valence-electron chi connectivity index (χ2n) is 6.76. The van der Waals surface area contributed by atoms with Crippen LogP contribution in [0.3, 0.4) is 0 Å². The Morgan fingerprint density at radius 2 is 2.07 bits per heavy atom. The third-order valence-electron chi connectivity index (χ3n) is 4.76. The van der Waals surface area contributed by atoms with E-state index < -0.39 is 6.36 Å². The second-order valence-corrected chi connectivity index (χ2v) is 6.76. The highest BCUT2D eigenvalue weighted by molar-refractivity contribution is 5.41. The molecular weight excluding hydrogens is 373 g/mol. The molecule has 0 amide bonds. The van der Waals surface area contributed by atoms with Crippen molar-refractivity contribution in [2.24, 2.45) is 0 Å². The lowest BCUT2D eigenvalue weighted by Crippen LogP contribution is -2.46. The Bertz CT molecular complexity index is 788. The first-order chi connectivity index (χ1) is 13.3. The van der Waals surface area contributed by atoms with Crippen LogP contribution in [-0.2, 0) is 6.54 Å². The number of piperidine rings is 1. The molecular formula is C19H23F3N4O2. The molecule has 0 spiro atoms. The zero-order valence-electron chi connectivity index (χ0n) is 15.8. The smallest absolute Gasteiger partial charge is 0.481 e. The molecule has 1 aliphatic heterocycles. The summed E-state index contributed by atoms with van der Waals surface area (Å²) in [5.41, 5.74) is 0.786. The number of nitrogens with zero attached hydrogens (tertiary/aromatic N) is 4. The number of benzene rings is 1. The Kier molecular flexibility index (Phi) is 6.23. The third-order valence-corrected chi connectivity index (χ3v) is 4.76. The molecule has 0 bridgehead atoms. The Hall–Kier alpha value is -2.55. The van der Waals surface area contributed by atoms with Crippen molar-refractivity contribution in [1.82, 2.24) is 14.9 Å². The summed E-state index contributed by atoms with van der Waals surface area (Å²) in [4.78, 5) is 12.7. The molecule has 2 aromatic rings. The average Bonchev–Trinajstić information content (AvgIpc) is 2.66. The highest BCUT2D eigenvalue weighted by atomic mass is 19.4. The van der Waals surface area contributed by atoms with E-state index in [0.717, 1.165) is 37.3 Å². The maximum absolute atomic E-state index is 12.4. The number of methoxy groups -OCH3 is 1. The van der Waals surface area contributed by atoms with Gasteiger partial charge >= 0.3 is 6.36 Å². The van der Waals surface area contributed by atoms with E-state index in [0.29, 0.717) is 12.4 Å². The number of halogens is 3. The van der Waals surface area contributed by atoms with Crippen LogP contribution >= 0.6 is 0 Å². The number of hydrogen-bond donors (Lipinski definition) is 0. The molecule has 9 heteroatoms. The Labute approximate surface area is 161 Å². The largest absolute Gasteiger partial charge is 0.573 e. The van der Waals surface area contributed by atoms with Gasteiger partial charge in [-0.05, 0) is 37.1 Å². The predicted octanol–water partition coefficient (Wildman–Crippen LogP) is 3.48. The molecule has 1 saturated heterocycles. The summed E-state index contributed by atoms with van der Waals surface area (Å²) in [7, 11) is 3.54. The van der Waals surface area contributed by atoms with E-state index in [4.69, 9.17) is 4.74 Å². The average molecular weight is 396 g/mol. The van der Waals surface area contributed by atoms with Crippen LogP contribution in [0.1, 0.15) is 18.4 Å². The van der Waals surface area contributed by atoms with Gasteiger partial charge in [0.1, 0.15) is 17.9 Å². The van der Waals surface area contributed by atoms with Gasteiger partial charge in [-0.3, -0.25) is 4.90 Å². The van der Waals surface area contributed by atoms with Crippen LogP contribution in [0.2, 0.25) is 0 Å². The zero-order chi connectivity index (χ0) is 20.1. The van der Waals surface area contributed by atoms with Crippen molar-refractivity contribution >= 4 is 5.82 Å². The monoisotopic (exact) mass is 396 g/mol. The molecule has 2 heterocycles. The third kappa shape index (κ3) is 5.48. The number of likely N-dealkylation sites (tertiary alicyclic amines) is 1. The van der Waals surface area contributed by atoms with Gasteiger partial charge in [-0.2, -0.15) is 0 Å². The lowest BCUT2D eigenvalue weighted by Gasteiger charge is -2.38. The van der Waals surface area contributed by atoms with E-state index in [1.165, 1.54) is 18.5 Å². The van der Waals surface area contributed by atoms with Gasteiger partial charge in [-0.1, -0.05) is 12.1 Å². The lowest BCUT2D eigenvalue weighted by molar-refractivity contribution is -0.274. The molecule has 28 heavy (non-hydrogen) atoms. The van der Waals surface area contributed by atoms with Gasteiger partial charge < -0.3 is 14.4 Å². The minimum atomic E-state index is -4.68. The highest BCUT2D eigenvalue weighted by Gasteiger charge is 2.31. The number of likely N-dealkylation sites (N-methyl/N-ethyl adjacent to an activating group) is 1. The number of ether oxygens (including phenoxy) is 2. The summed E-state index contributed by atoms with van der Waals surface area (Å²) < 4.78 is 46.5. The fraction of sp³-hybridized carbons (Fsp3) is 0.474. The van der Waals surface area contributed by atoms with Crippen molar-refractivity contribution in [1.29, 1.82) is 0 Å². The van der Waals surface area contributed by atoms with E-state index in [1.54, 1.807) is 19.2 Å². The molecule has 0 aliphatic carbocycles. The molecule has 0 saturated carbocycles. The fourth-order valence-corrected chi connectivity index (χ4v) is 3.41. The number of alkyl halides is 3. The zero-order valence-corrected chi connectivity index (χ0v) is 15.8. The first kappa shape index (κ1) is 20.2. The van der Waals surface area contributed by atoms with Crippen molar-refractivity contribution in [3.63, 3.8) is 0 Å². The number of anilines is 1. The second kappa shape index (κ2) is 8.64. The predicted molar refractivity (Wildman–Crippen MR) is 98.4 cm³/mol. The summed E-state index contributed by atoms with van der Waals surface area (Å²) in [6.07, 6.45) is -1.21. The molecule has 3 rings (SSSR count). The Morgan fingerprint density at radius 1 is 1.25 bits per heavy atom. The maximum Gasteiger partial charge on any atom is 0.573 e. The molecule has 0 radical (unpaired) electrons. The molecule has 6 nitrogen and oxygen atoms in total. The van der Waals surface area contributed by atoms with E-state index in [-0.39, 0.29) is 11.8 Å². The van der Waals surface area contributed by atoms with Crippen LogP contribution in [0, 0.1) is 0 Å². The van der Waals surface area contributed by atoms with Crippen molar-refractivity contribution in [3.05, 3.63) is 42.2 Å². The van der Waals surface area contributed by atoms with Crippen LogP contribution in [0.5, 0.6) is 11.6 Å². The van der Waals surface area contributed by atoms with Gasteiger partial charge in [0.15, 0.2) is 0 Å². The van der Waals surface area contributed by atoms with E-state index >= 15 is 0 Å². The summed E-state index contributed by atoms with van der Waals surface area (Å²) >= 11 is 0. The molecule has 1 aromatic carbocycles. The van der Waals surface area contributed by atoms with Gasteiger partial charge in [-0.25, -0.2) is 9.97 Å². The summed E-state index contributed by atoms with van der Waals surface area (Å²) in [6, 6.07) is 8.17.